The summed E-state index contributed by atoms with van der Waals surface area (Å²) in [5, 5.41) is 3.78. The second kappa shape index (κ2) is 8.95. The van der Waals surface area contributed by atoms with Crippen LogP contribution in [0.3, 0.4) is 0 Å². The average Bonchev–Trinajstić information content (AvgIpc) is 2.97. The van der Waals surface area contributed by atoms with Crippen LogP contribution in [-0.4, -0.2) is 33.9 Å². The van der Waals surface area contributed by atoms with Crippen molar-refractivity contribution in [2.75, 3.05) is 12.4 Å². The molecule has 3 aromatic rings. The Labute approximate surface area is 164 Å². The first-order valence-electron chi connectivity index (χ1n) is 9.10. The summed E-state index contributed by atoms with van der Waals surface area (Å²) in [5.74, 6) is 1.65. The number of ether oxygens (including phenoxy) is 1. The second-order valence-corrected chi connectivity index (χ2v) is 7.72. The molecule has 1 heterocycles. The number of para-hydroxylation sites is 3. The smallest absolute Gasteiger partial charge is 0.240 e. The van der Waals surface area contributed by atoms with Crippen molar-refractivity contribution >= 4 is 28.7 Å². The Hall–Kier alpha value is -2.47. The lowest BCUT2D eigenvalue weighted by atomic mass is 10.2. The van der Waals surface area contributed by atoms with Crippen molar-refractivity contribution in [2.45, 2.75) is 38.5 Å². The standard InChI is InChI=1S/C21H25N3O2S/c1-15(2)22-20(25)14-24-18-10-6-5-9-17(18)23-21(24)27-13-12-26-19-11-7-4-8-16(19)3/h4-11,15H,12-14H2,1-3H3,(H,22,25). The molecule has 0 saturated carbocycles. The zero-order valence-corrected chi connectivity index (χ0v) is 16.8. The van der Waals surface area contributed by atoms with Crippen molar-refractivity contribution < 1.29 is 9.53 Å². The normalized spacial score (nSPS) is 11.1. The Bertz CT molecular complexity index is 921. The molecule has 142 valence electrons. The highest BCUT2D eigenvalue weighted by molar-refractivity contribution is 7.99. The van der Waals surface area contributed by atoms with Crippen molar-refractivity contribution in [3.63, 3.8) is 0 Å². The van der Waals surface area contributed by atoms with Crippen molar-refractivity contribution in [3.05, 3.63) is 54.1 Å². The van der Waals surface area contributed by atoms with Gasteiger partial charge in [0.15, 0.2) is 5.16 Å². The number of benzene rings is 2. The number of carbonyl (C=O) groups is 1. The van der Waals surface area contributed by atoms with Crippen molar-refractivity contribution in [2.24, 2.45) is 0 Å². The van der Waals surface area contributed by atoms with E-state index >= 15 is 0 Å². The third-order valence-electron chi connectivity index (χ3n) is 4.04. The highest BCUT2D eigenvalue weighted by atomic mass is 32.2. The second-order valence-electron chi connectivity index (χ2n) is 6.65. The zero-order chi connectivity index (χ0) is 19.2. The maximum absolute atomic E-state index is 12.3. The van der Waals surface area contributed by atoms with Crippen LogP contribution in [0.25, 0.3) is 11.0 Å². The van der Waals surface area contributed by atoms with Crippen molar-refractivity contribution in [1.82, 2.24) is 14.9 Å². The van der Waals surface area contributed by atoms with Crippen molar-refractivity contribution in [1.29, 1.82) is 0 Å². The Morgan fingerprint density at radius 3 is 2.70 bits per heavy atom. The number of nitrogens with zero attached hydrogens (tertiary/aromatic N) is 2. The monoisotopic (exact) mass is 383 g/mol. The molecule has 6 heteroatoms. The lowest BCUT2D eigenvalue weighted by molar-refractivity contribution is -0.122. The van der Waals surface area contributed by atoms with Crippen molar-refractivity contribution in [3.8, 4) is 5.75 Å². The number of rotatable bonds is 8. The fraction of sp³-hybridized carbons (Fsp3) is 0.333. The molecule has 1 amide bonds. The van der Waals surface area contributed by atoms with Crippen LogP contribution < -0.4 is 10.1 Å². The summed E-state index contributed by atoms with van der Waals surface area (Å²) >= 11 is 1.61. The van der Waals surface area contributed by atoms with Gasteiger partial charge >= 0.3 is 0 Å². The van der Waals surface area contributed by atoms with Gasteiger partial charge in [0, 0.05) is 11.8 Å². The minimum atomic E-state index is -0.00818. The summed E-state index contributed by atoms with van der Waals surface area (Å²) in [6, 6.07) is 16.0. The number of hydrogen-bond donors (Lipinski definition) is 1. The summed E-state index contributed by atoms with van der Waals surface area (Å²) in [5.41, 5.74) is 3.00. The van der Waals surface area contributed by atoms with Crippen LogP contribution in [0, 0.1) is 6.92 Å². The third kappa shape index (κ3) is 5.04. The van der Waals surface area contributed by atoms with Gasteiger partial charge < -0.3 is 14.6 Å². The fourth-order valence-electron chi connectivity index (χ4n) is 2.83. The maximum Gasteiger partial charge on any atom is 0.240 e. The molecule has 1 N–H and O–H groups in total. The Morgan fingerprint density at radius 2 is 1.93 bits per heavy atom. The molecule has 0 radical (unpaired) electrons. The minimum absolute atomic E-state index is 0.00818. The zero-order valence-electron chi connectivity index (χ0n) is 15.9. The van der Waals surface area contributed by atoms with Gasteiger partial charge in [0.2, 0.25) is 5.91 Å². The van der Waals surface area contributed by atoms with E-state index in [0.29, 0.717) is 6.61 Å². The number of hydrogen-bond acceptors (Lipinski definition) is 4. The molecule has 2 aromatic carbocycles. The van der Waals surface area contributed by atoms with Crippen LogP contribution >= 0.6 is 11.8 Å². The molecule has 0 atom stereocenters. The van der Waals surface area contributed by atoms with Crippen LogP contribution in [-0.2, 0) is 11.3 Å². The molecule has 3 rings (SSSR count). The van der Waals surface area contributed by atoms with E-state index in [1.54, 1.807) is 11.8 Å². The molecular formula is C21H25N3O2S. The molecule has 0 unspecified atom stereocenters. The van der Waals surface area contributed by atoms with Crippen LogP contribution in [0.5, 0.6) is 5.75 Å². The van der Waals surface area contributed by atoms with E-state index in [0.717, 1.165) is 33.3 Å². The molecule has 1 aromatic heterocycles. The van der Waals surface area contributed by atoms with Crippen LogP contribution in [0.2, 0.25) is 0 Å². The molecular weight excluding hydrogens is 358 g/mol. The van der Waals surface area contributed by atoms with E-state index < -0.39 is 0 Å². The SMILES string of the molecule is Cc1ccccc1OCCSc1nc2ccccc2n1CC(=O)NC(C)C. The lowest BCUT2D eigenvalue weighted by Crippen LogP contribution is -2.33. The summed E-state index contributed by atoms with van der Waals surface area (Å²) in [6.07, 6.45) is 0. The summed E-state index contributed by atoms with van der Waals surface area (Å²) in [6.45, 7) is 6.80. The fourth-order valence-corrected chi connectivity index (χ4v) is 3.66. The molecule has 0 saturated heterocycles. The first kappa shape index (κ1) is 19.3. The van der Waals surface area contributed by atoms with E-state index in [1.165, 1.54) is 0 Å². The van der Waals surface area contributed by atoms with Gasteiger partial charge in [0.1, 0.15) is 12.3 Å². The molecule has 0 fully saturated rings. The highest BCUT2D eigenvalue weighted by Crippen LogP contribution is 2.24. The van der Waals surface area contributed by atoms with Gasteiger partial charge in [0.25, 0.3) is 0 Å². The predicted octanol–water partition coefficient (Wildman–Crippen LogP) is 4.04. The molecule has 0 spiro atoms. The molecule has 0 aliphatic heterocycles. The summed E-state index contributed by atoms with van der Waals surface area (Å²) in [7, 11) is 0. The van der Waals surface area contributed by atoms with Gasteiger partial charge in [0.05, 0.1) is 17.6 Å². The van der Waals surface area contributed by atoms with E-state index in [9.17, 15) is 4.79 Å². The van der Waals surface area contributed by atoms with Gasteiger partial charge in [-0.1, -0.05) is 42.1 Å². The van der Waals surface area contributed by atoms with Gasteiger partial charge in [-0.05, 0) is 44.5 Å². The first-order chi connectivity index (χ1) is 13.0. The molecule has 27 heavy (non-hydrogen) atoms. The quantitative estimate of drug-likeness (QED) is 0.471. The predicted molar refractivity (Wildman–Crippen MR) is 110 cm³/mol. The third-order valence-corrected chi connectivity index (χ3v) is 4.98. The van der Waals surface area contributed by atoms with Gasteiger partial charge in [-0.3, -0.25) is 4.79 Å². The molecule has 0 aliphatic carbocycles. The van der Waals surface area contributed by atoms with E-state index in [1.807, 2.05) is 73.9 Å². The van der Waals surface area contributed by atoms with Crippen LogP contribution in [0.15, 0.2) is 53.7 Å². The van der Waals surface area contributed by atoms with Gasteiger partial charge in [-0.15, -0.1) is 0 Å². The van der Waals surface area contributed by atoms with Crippen LogP contribution in [0.1, 0.15) is 19.4 Å². The Kier molecular flexibility index (Phi) is 6.40. The summed E-state index contributed by atoms with van der Waals surface area (Å²) < 4.78 is 7.85. The lowest BCUT2D eigenvalue weighted by Gasteiger charge is -2.12. The molecule has 0 bridgehead atoms. The molecule has 0 aliphatic rings. The largest absolute Gasteiger partial charge is 0.492 e. The van der Waals surface area contributed by atoms with Gasteiger partial charge in [-0.25, -0.2) is 4.98 Å². The number of aromatic nitrogens is 2. The minimum Gasteiger partial charge on any atom is -0.492 e. The number of imidazole rings is 1. The first-order valence-corrected chi connectivity index (χ1v) is 10.1. The topological polar surface area (TPSA) is 56.2 Å². The van der Waals surface area contributed by atoms with E-state index in [4.69, 9.17) is 9.72 Å². The average molecular weight is 384 g/mol. The highest BCUT2D eigenvalue weighted by Gasteiger charge is 2.14. The Balaban J connectivity index is 1.68. The van der Waals surface area contributed by atoms with E-state index in [2.05, 4.69) is 5.32 Å². The number of carbonyl (C=O) groups excluding carboxylic acids is 1. The number of amides is 1. The van der Waals surface area contributed by atoms with Gasteiger partial charge in [-0.2, -0.15) is 0 Å². The van der Waals surface area contributed by atoms with Crippen LogP contribution in [0.4, 0.5) is 0 Å². The van der Waals surface area contributed by atoms with E-state index in [-0.39, 0.29) is 18.5 Å². The number of nitrogens with one attached hydrogen (secondary N) is 1. The maximum atomic E-state index is 12.3. The summed E-state index contributed by atoms with van der Waals surface area (Å²) in [4.78, 5) is 17.0. The number of fused-ring (bicyclic) bond motifs is 1. The number of aryl methyl sites for hydroxylation is 1. The Morgan fingerprint density at radius 1 is 1.19 bits per heavy atom. The number of thioether (sulfide) groups is 1. The molecule has 5 nitrogen and oxygen atoms in total.